The lowest BCUT2D eigenvalue weighted by Gasteiger charge is -2.46. The number of fused-ring (bicyclic) bond motifs is 1. The Kier molecular flexibility index (Phi) is 3.57. The second-order valence-corrected chi connectivity index (χ2v) is 4.82. The van der Waals surface area contributed by atoms with Crippen LogP contribution in [0.15, 0.2) is 11.8 Å². The zero-order chi connectivity index (χ0) is 14.2. The molecule has 104 valence electrons. The fourth-order valence-corrected chi connectivity index (χ4v) is 2.74. The predicted molar refractivity (Wildman–Crippen MR) is 66.0 cm³/mol. The lowest BCUT2D eigenvalue weighted by molar-refractivity contribution is -0.156. The second-order valence-electron chi connectivity index (χ2n) is 4.82. The molecule has 3 atom stereocenters. The van der Waals surface area contributed by atoms with Gasteiger partial charge in [0, 0.05) is 6.04 Å². The summed E-state index contributed by atoms with van der Waals surface area (Å²) in [6.07, 6.45) is 2.09. The number of hydrogen-bond donors (Lipinski definition) is 3. The van der Waals surface area contributed by atoms with Crippen LogP contribution in [0.5, 0.6) is 0 Å². The molecule has 0 bridgehead atoms. The maximum Gasteiger partial charge on any atom is 0.352 e. The Morgan fingerprint density at radius 1 is 1.58 bits per heavy atom. The molecule has 19 heavy (non-hydrogen) atoms. The van der Waals surface area contributed by atoms with E-state index < -0.39 is 5.97 Å². The van der Waals surface area contributed by atoms with Crippen LogP contribution in [0, 0.1) is 5.92 Å². The number of amides is 2. The number of carbonyl (C=O) groups is 3. The van der Waals surface area contributed by atoms with Gasteiger partial charge in [0.2, 0.25) is 11.8 Å². The van der Waals surface area contributed by atoms with Crippen molar-refractivity contribution in [2.75, 3.05) is 13.6 Å². The van der Waals surface area contributed by atoms with Crippen LogP contribution >= 0.6 is 0 Å². The van der Waals surface area contributed by atoms with Crippen LogP contribution in [0.25, 0.3) is 0 Å². The summed E-state index contributed by atoms with van der Waals surface area (Å²) in [5.74, 6) is -1.82. The first kappa shape index (κ1) is 13.5. The van der Waals surface area contributed by atoms with Crippen molar-refractivity contribution < 1.29 is 19.5 Å². The summed E-state index contributed by atoms with van der Waals surface area (Å²) in [5.41, 5.74) is 0.0556. The molecule has 0 aliphatic carbocycles. The van der Waals surface area contributed by atoms with Gasteiger partial charge in [-0.05, 0) is 20.4 Å². The monoisotopic (exact) mass is 267 g/mol. The van der Waals surface area contributed by atoms with Crippen molar-refractivity contribution in [2.45, 2.75) is 25.4 Å². The minimum atomic E-state index is -1.08. The molecule has 0 aromatic rings. The number of rotatable bonds is 5. The standard InChI is InChI=1S/C12H17N3O4/c1-6(14-9(16)5-13-2)10-7-3-4-8(12(18)19)15(7)11(10)17/h4,6-7,10,13H,3,5H2,1-2H3,(H,14,16)(H,18,19). The number of carboxylic acids is 1. The van der Waals surface area contributed by atoms with E-state index in [1.165, 1.54) is 4.90 Å². The van der Waals surface area contributed by atoms with E-state index in [-0.39, 0.29) is 42.1 Å². The predicted octanol–water partition coefficient (Wildman–Crippen LogP) is -1.09. The van der Waals surface area contributed by atoms with Crippen molar-refractivity contribution in [1.82, 2.24) is 15.5 Å². The number of hydrogen-bond acceptors (Lipinski definition) is 4. The van der Waals surface area contributed by atoms with Crippen LogP contribution in [0.1, 0.15) is 13.3 Å². The third-order valence-electron chi connectivity index (χ3n) is 3.56. The molecular formula is C12H17N3O4. The summed E-state index contributed by atoms with van der Waals surface area (Å²) in [6.45, 7) is 1.96. The van der Waals surface area contributed by atoms with Gasteiger partial charge in [-0.3, -0.25) is 9.59 Å². The number of nitrogens with zero attached hydrogens (tertiary/aromatic N) is 1. The Morgan fingerprint density at radius 3 is 2.84 bits per heavy atom. The van der Waals surface area contributed by atoms with Gasteiger partial charge in [-0.15, -0.1) is 0 Å². The van der Waals surface area contributed by atoms with Gasteiger partial charge >= 0.3 is 5.97 Å². The summed E-state index contributed by atoms with van der Waals surface area (Å²) < 4.78 is 0. The Bertz CT molecular complexity index is 460. The minimum absolute atomic E-state index is 0.0556. The van der Waals surface area contributed by atoms with E-state index in [9.17, 15) is 14.4 Å². The van der Waals surface area contributed by atoms with Crippen LogP contribution in [-0.2, 0) is 14.4 Å². The Morgan fingerprint density at radius 2 is 2.26 bits per heavy atom. The maximum absolute atomic E-state index is 12.0. The lowest BCUT2D eigenvalue weighted by Crippen LogP contribution is -2.64. The Hall–Kier alpha value is -1.89. The Labute approximate surface area is 110 Å². The molecule has 3 N–H and O–H groups in total. The van der Waals surface area contributed by atoms with E-state index >= 15 is 0 Å². The van der Waals surface area contributed by atoms with Crippen molar-refractivity contribution in [2.24, 2.45) is 5.92 Å². The summed E-state index contributed by atoms with van der Waals surface area (Å²) in [7, 11) is 1.67. The summed E-state index contributed by atoms with van der Waals surface area (Å²) in [4.78, 5) is 35.7. The molecule has 7 nitrogen and oxygen atoms in total. The van der Waals surface area contributed by atoms with E-state index in [4.69, 9.17) is 5.11 Å². The van der Waals surface area contributed by atoms with Crippen LogP contribution in [0.4, 0.5) is 0 Å². The highest BCUT2D eigenvalue weighted by Gasteiger charge is 2.54. The Balaban J connectivity index is 1.97. The summed E-state index contributed by atoms with van der Waals surface area (Å²) in [5, 5.41) is 14.4. The van der Waals surface area contributed by atoms with Crippen molar-refractivity contribution in [3.8, 4) is 0 Å². The van der Waals surface area contributed by atoms with Gasteiger partial charge in [-0.2, -0.15) is 0 Å². The van der Waals surface area contributed by atoms with Crippen molar-refractivity contribution in [3.05, 3.63) is 11.8 Å². The van der Waals surface area contributed by atoms with Gasteiger partial charge in [0.25, 0.3) is 0 Å². The molecule has 0 spiro atoms. The highest BCUT2D eigenvalue weighted by Crippen LogP contribution is 2.40. The fraction of sp³-hybridized carbons (Fsp3) is 0.583. The molecule has 0 saturated carbocycles. The first-order valence-corrected chi connectivity index (χ1v) is 6.18. The molecule has 1 saturated heterocycles. The smallest absolute Gasteiger partial charge is 0.352 e. The first-order chi connectivity index (χ1) is 8.97. The quantitative estimate of drug-likeness (QED) is 0.550. The van der Waals surface area contributed by atoms with Gasteiger partial charge in [0.15, 0.2) is 0 Å². The molecule has 3 unspecified atom stereocenters. The van der Waals surface area contributed by atoms with Crippen LogP contribution in [0.3, 0.4) is 0 Å². The van der Waals surface area contributed by atoms with Crippen molar-refractivity contribution >= 4 is 17.8 Å². The van der Waals surface area contributed by atoms with Gasteiger partial charge in [0.05, 0.1) is 18.5 Å². The number of β-lactam (4-membered cyclic amide) rings is 1. The average Bonchev–Trinajstić information content (AvgIpc) is 2.68. The highest BCUT2D eigenvalue weighted by molar-refractivity contribution is 5.99. The normalized spacial score (nSPS) is 26.3. The largest absolute Gasteiger partial charge is 0.477 e. The minimum Gasteiger partial charge on any atom is -0.477 e. The summed E-state index contributed by atoms with van der Waals surface area (Å²) in [6, 6.07) is -0.431. The van der Waals surface area contributed by atoms with Crippen LogP contribution in [-0.4, -0.2) is 53.5 Å². The van der Waals surface area contributed by atoms with Gasteiger partial charge in [0.1, 0.15) is 5.70 Å². The van der Waals surface area contributed by atoms with E-state index in [0.29, 0.717) is 6.42 Å². The molecule has 2 rings (SSSR count). The second kappa shape index (κ2) is 5.00. The zero-order valence-electron chi connectivity index (χ0n) is 10.8. The third kappa shape index (κ3) is 2.21. The van der Waals surface area contributed by atoms with Crippen molar-refractivity contribution in [3.63, 3.8) is 0 Å². The number of aliphatic carboxylic acids is 1. The SMILES string of the molecule is CNCC(=O)NC(C)C1C(=O)N2C(C(=O)O)=CCC12. The van der Waals surface area contributed by atoms with Gasteiger partial charge in [-0.25, -0.2) is 4.79 Å². The molecule has 7 heteroatoms. The van der Waals surface area contributed by atoms with Crippen LogP contribution in [0.2, 0.25) is 0 Å². The highest BCUT2D eigenvalue weighted by atomic mass is 16.4. The number of nitrogens with one attached hydrogen (secondary N) is 2. The molecule has 2 aliphatic rings. The lowest BCUT2D eigenvalue weighted by atomic mass is 9.82. The van der Waals surface area contributed by atoms with E-state index in [0.717, 1.165) is 0 Å². The van der Waals surface area contributed by atoms with Gasteiger partial charge < -0.3 is 20.6 Å². The molecule has 2 heterocycles. The zero-order valence-corrected chi connectivity index (χ0v) is 10.8. The average molecular weight is 267 g/mol. The number of carbonyl (C=O) groups excluding carboxylic acids is 2. The fourth-order valence-electron chi connectivity index (χ4n) is 2.74. The summed E-state index contributed by atoms with van der Waals surface area (Å²) >= 11 is 0. The topological polar surface area (TPSA) is 98.7 Å². The molecule has 1 fully saturated rings. The van der Waals surface area contributed by atoms with E-state index in [1.54, 1.807) is 20.0 Å². The number of carboxylic acid groups (broad SMARTS) is 1. The molecule has 0 radical (unpaired) electrons. The van der Waals surface area contributed by atoms with Gasteiger partial charge in [-0.1, -0.05) is 6.08 Å². The number of likely N-dealkylation sites (N-methyl/N-ethyl adjacent to an activating group) is 1. The maximum atomic E-state index is 12.0. The third-order valence-corrected chi connectivity index (χ3v) is 3.56. The van der Waals surface area contributed by atoms with E-state index in [1.807, 2.05) is 0 Å². The molecule has 2 amide bonds. The van der Waals surface area contributed by atoms with Crippen LogP contribution < -0.4 is 10.6 Å². The van der Waals surface area contributed by atoms with Crippen molar-refractivity contribution in [1.29, 1.82) is 0 Å². The molecule has 0 aromatic heterocycles. The molecular weight excluding hydrogens is 250 g/mol. The first-order valence-electron chi connectivity index (χ1n) is 6.18. The van der Waals surface area contributed by atoms with E-state index in [2.05, 4.69) is 10.6 Å². The molecule has 2 aliphatic heterocycles. The molecule has 0 aromatic carbocycles.